The minimum atomic E-state index is -1.31. The van der Waals surface area contributed by atoms with Crippen LogP contribution in [0.15, 0.2) is 12.7 Å². The lowest BCUT2D eigenvalue weighted by molar-refractivity contribution is -0.155. The third-order valence-electron chi connectivity index (χ3n) is 2.36. The summed E-state index contributed by atoms with van der Waals surface area (Å²) >= 11 is 0. The number of rotatable bonds is 4. The molecule has 0 bridgehead atoms. The van der Waals surface area contributed by atoms with Crippen molar-refractivity contribution in [3.05, 3.63) is 12.7 Å². The van der Waals surface area contributed by atoms with E-state index >= 15 is 0 Å². The molecular formula is C10H16O3. The predicted molar refractivity (Wildman–Crippen MR) is 49.4 cm³/mol. The molecule has 0 aromatic heterocycles. The maximum atomic E-state index is 11.2. The number of carbonyl (C=O) groups is 1. The Balaban J connectivity index is 2.42. The number of carbonyl (C=O) groups excluding carboxylic acids is 1. The smallest absolute Gasteiger partial charge is 0.186 e. The van der Waals surface area contributed by atoms with Crippen molar-refractivity contribution in [2.75, 3.05) is 0 Å². The first kappa shape index (κ1) is 10.4. The minimum Gasteiger partial charge on any atom is -0.382 e. The molecule has 3 nitrogen and oxygen atoms in total. The van der Waals surface area contributed by atoms with Crippen LogP contribution in [0, 0.1) is 0 Å². The van der Waals surface area contributed by atoms with E-state index in [1.165, 1.54) is 6.92 Å². The molecule has 0 aromatic rings. The standard InChI is InChI=1S/C10H16O3/c1-4-9(11)10(3,12)6-8-5-7(2)13-8/h4,7-8,12H,1,5-6H2,2-3H3. The first-order valence-electron chi connectivity index (χ1n) is 4.50. The van der Waals surface area contributed by atoms with Crippen LogP contribution in [0.4, 0.5) is 0 Å². The largest absolute Gasteiger partial charge is 0.382 e. The highest BCUT2D eigenvalue weighted by molar-refractivity contribution is 5.95. The van der Waals surface area contributed by atoms with Crippen LogP contribution in [-0.2, 0) is 9.53 Å². The number of ether oxygens (including phenoxy) is 1. The van der Waals surface area contributed by atoms with Gasteiger partial charge in [0.15, 0.2) is 5.78 Å². The van der Waals surface area contributed by atoms with E-state index in [1.54, 1.807) is 0 Å². The van der Waals surface area contributed by atoms with Gasteiger partial charge in [-0.1, -0.05) is 6.58 Å². The fourth-order valence-corrected chi connectivity index (χ4v) is 1.58. The van der Waals surface area contributed by atoms with Gasteiger partial charge in [0, 0.05) is 6.42 Å². The molecule has 1 fully saturated rings. The van der Waals surface area contributed by atoms with Gasteiger partial charge in [0.2, 0.25) is 0 Å². The molecule has 1 aliphatic heterocycles. The van der Waals surface area contributed by atoms with Gasteiger partial charge in [-0.2, -0.15) is 0 Å². The van der Waals surface area contributed by atoms with E-state index in [4.69, 9.17) is 4.74 Å². The fraction of sp³-hybridized carbons (Fsp3) is 0.700. The Kier molecular flexibility index (Phi) is 2.88. The molecule has 0 aromatic carbocycles. The first-order valence-corrected chi connectivity index (χ1v) is 4.50. The average molecular weight is 184 g/mol. The lowest BCUT2D eigenvalue weighted by Crippen LogP contribution is -2.44. The third-order valence-corrected chi connectivity index (χ3v) is 2.36. The van der Waals surface area contributed by atoms with E-state index in [0.717, 1.165) is 12.5 Å². The molecule has 3 unspecified atom stereocenters. The van der Waals surface area contributed by atoms with E-state index in [-0.39, 0.29) is 18.0 Å². The molecule has 0 radical (unpaired) electrons. The number of ketones is 1. The van der Waals surface area contributed by atoms with Crippen LogP contribution >= 0.6 is 0 Å². The fourth-order valence-electron chi connectivity index (χ4n) is 1.58. The van der Waals surface area contributed by atoms with Crippen LogP contribution in [0.5, 0.6) is 0 Å². The van der Waals surface area contributed by atoms with Crippen LogP contribution in [-0.4, -0.2) is 28.7 Å². The zero-order valence-electron chi connectivity index (χ0n) is 8.12. The lowest BCUT2D eigenvalue weighted by Gasteiger charge is -2.37. The van der Waals surface area contributed by atoms with E-state index in [1.807, 2.05) is 6.92 Å². The van der Waals surface area contributed by atoms with Crippen LogP contribution in [0.2, 0.25) is 0 Å². The topological polar surface area (TPSA) is 46.5 Å². The highest BCUT2D eigenvalue weighted by atomic mass is 16.5. The highest BCUT2D eigenvalue weighted by Gasteiger charge is 2.36. The Labute approximate surface area is 78.4 Å². The Morgan fingerprint density at radius 3 is 2.77 bits per heavy atom. The molecule has 1 aliphatic rings. The molecule has 0 aliphatic carbocycles. The quantitative estimate of drug-likeness (QED) is 0.664. The van der Waals surface area contributed by atoms with E-state index in [9.17, 15) is 9.90 Å². The van der Waals surface area contributed by atoms with Gasteiger partial charge < -0.3 is 9.84 Å². The average Bonchev–Trinajstić information content (AvgIpc) is 1.99. The van der Waals surface area contributed by atoms with Crippen molar-refractivity contribution >= 4 is 5.78 Å². The lowest BCUT2D eigenvalue weighted by atomic mass is 9.89. The summed E-state index contributed by atoms with van der Waals surface area (Å²) in [5.41, 5.74) is -1.31. The normalized spacial score (nSPS) is 31.6. The van der Waals surface area contributed by atoms with Gasteiger partial charge in [-0.05, 0) is 26.3 Å². The van der Waals surface area contributed by atoms with Crippen molar-refractivity contribution in [1.29, 1.82) is 0 Å². The van der Waals surface area contributed by atoms with Crippen molar-refractivity contribution in [3.63, 3.8) is 0 Å². The second kappa shape index (κ2) is 3.60. The number of aliphatic hydroxyl groups is 1. The maximum absolute atomic E-state index is 11.2. The second-order valence-corrected chi connectivity index (χ2v) is 3.85. The van der Waals surface area contributed by atoms with E-state index in [2.05, 4.69) is 6.58 Å². The molecule has 0 spiro atoms. The highest BCUT2D eigenvalue weighted by Crippen LogP contribution is 2.28. The maximum Gasteiger partial charge on any atom is 0.186 e. The summed E-state index contributed by atoms with van der Waals surface area (Å²) in [6, 6.07) is 0. The SMILES string of the molecule is C=CC(=O)C(C)(O)CC1CC(C)O1. The first-order chi connectivity index (χ1) is 5.95. The van der Waals surface area contributed by atoms with Gasteiger partial charge in [0.1, 0.15) is 5.60 Å². The van der Waals surface area contributed by atoms with Gasteiger partial charge in [0.25, 0.3) is 0 Å². The van der Waals surface area contributed by atoms with Crippen LogP contribution in [0.25, 0.3) is 0 Å². The zero-order valence-corrected chi connectivity index (χ0v) is 8.12. The molecule has 0 saturated carbocycles. The summed E-state index contributed by atoms with van der Waals surface area (Å²) < 4.78 is 5.32. The van der Waals surface area contributed by atoms with Gasteiger partial charge >= 0.3 is 0 Å². The predicted octanol–water partition coefficient (Wildman–Crippen LogP) is 1.06. The Morgan fingerprint density at radius 2 is 2.38 bits per heavy atom. The van der Waals surface area contributed by atoms with Crippen molar-refractivity contribution in [3.8, 4) is 0 Å². The summed E-state index contributed by atoms with van der Waals surface area (Å²) in [5.74, 6) is -0.337. The summed E-state index contributed by atoms with van der Waals surface area (Å²) in [5, 5.41) is 9.70. The molecule has 1 rings (SSSR count). The Morgan fingerprint density at radius 1 is 1.85 bits per heavy atom. The third kappa shape index (κ3) is 2.39. The molecule has 0 amide bonds. The summed E-state index contributed by atoms with van der Waals surface area (Å²) in [4.78, 5) is 11.2. The monoisotopic (exact) mass is 184 g/mol. The van der Waals surface area contributed by atoms with Gasteiger partial charge in [-0.15, -0.1) is 0 Å². The second-order valence-electron chi connectivity index (χ2n) is 3.85. The molecule has 13 heavy (non-hydrogen) atoms. The van der Waals surface area contributed by atoms with Gasteiger partial charge in [-0.25, -0.2) is 0 Å². The molecule has 3 atom stereocenters. The van der Waals surface area contributed by atoms with E-state index in [0.29, 0.717) is 6.42 Å². The summed E-state index contributed by atoms with van der Waals surface area (Å²) in [6.45, 7) is 6.82. The molecule has 74 valence electrons. The van der Waals surface area contributed by atoms with E-state index < -0.39 is 5.60 Å². The molecule has 1 N–H and O–H groups in total. The van der Waals surface area contributed by atoms with Crippen molar-refractivity contribution in [1.82, 2.24) is 0 Å². The Hall–Kier alpha value is -0.670. The minimum absolute atomic E-state index is 0.0221. The van der Waals surface area contributed by atoms with Crippen LogP contribution in [0.3, 0.4) is 0 Å². The van der Waals surface area contributed by atoms with Gasteiger partial charge in [0.05, 0.1) is 12.2 Å². The van der Waals surface area contributed by atoms with Crippen LogP contribution < -0.4 is 0 Å². The Bertz CT molecular complexity index is 214. The van der Waals surface area contributed by atoms with Crippen LogP contribution in [0.1, 0.15) is 26.7 Å². The van der Waals surface area contributed by atoms with Crippen molar-refractivity contribution in [2.24, 2.45) is 0 Å². The molecular weight excluding hydrogens is 168 g/mol. The van der Waals surface area contributed by atoms with Crippen molar-refractivity contribution in [2.45, 2.75) is 44.5 Å². The zero-order chi connectivity index (χ0) is 10.1. The molecule has 3 heteroatoms. The van der Waals surface area contributed by atoms with Crippen molar-refractivity contribution < 1.29 is 14.6 Å². The summed E-state index contributed by atoms with van der Waals surface area (Å²) in [7, 11) is 0. The number of hydrogen-bond donors (Lipinski definition) is 1. The van der Waals surface area contributed by atoms with Gasteiger partial charge in [-0.3, -0.25) is 4.79 Å². The summed E-state index contributed by atoms with van der Waals surface area (Å²) in [6.07, 6.45) is 2.72. The molecule has 1 saturated heterocycles. The number of hydrogen-bond acceptors (Lipinski definition) is 3. The molecule has 1 heterocycles.